The zero-order valence-electron chi connectivity index (χ0n) is 19.1. The Labute approximate surface area is 207 Å². The Kier molecular flexibility index (Phi) is 7.37. The van der Waals surface area contributed by atoms with Crippen molar-refractivity contribution in [2.24, 2.45) is 0 Å². The monoisotopic (exact) mass is 567 g/mol. The summed E-state index contributed by atoms with van der Waals surface area (Å²) in [4.78, 5) is 24.4. The number of aromatic nitrogens is 1. The van der Waals surface area contributed by atoms with Crippen LogP contribution in [-0.4, -0.2) is 29.5 Å². The molecule has 0 fully saturated rings. The van der Waals surface area contributed by atoms with Crippen molar-refractivity contribution in [2.45, 2.75) is 52.9 Å². The van der Waals surface area contributed by atoms with E-state index in [1.54, 1.807) is 0 Å². The molecule has 32 heavy (non-hydrogen) atoms. The van der Waals surface area contributed by atoms with Gasteiger partial charge in [0.2, 0.25) is 0 Å². The van der Waals surface area contributed by atoms with Crippen molar-refractivity contribution in [3.05, 3.63) is 55.7 Å². The van der Waals surface area contributed by atoms with Gasteiger partial charge in [0.25, 0.3) is 0 Å². The molecule has 2 aromatic carbocycles. The maximum absolute atomic E-state index is 13.0. The number of carbonyl (C=O) groups is 2. The van der Waals surface area contributed by atoms with E-state index in [9.17, 15) is 9.59 Å². The first-order valence-corrected chi connectivity index (χ1v) is 11.7. The van der Waals surface area contributed by atoms with E-state index in [2.05, 4.69) is 28.7 Å². The van der Waals surface area contributed by atoms with Gasteiger partial charge in [-0.15, -0.1) is 0 Å². The van der Waals surface area contributed by atoms with Gasteiger partial charge < -0.3 is 18.8 Å². The van der Waals surface area contributed by atoms with E-state index in [-0.39, 0.29) is 6.54 Å². The Morgan fingerprint density at radius 2 is 1.84 bits per heavy atom. The molecule has 0 aliphatic heterocycles. The summed E-state index contributed by atoms with van der Waals surface area (Å²) in [6.45, 7) is 9.94. The van der Waals surface area contributed by atoms with E-state index >= 15 is 0 Å². The van der Waals surface area contributed by atoms with Crippen LogP contribution in [0.1, 0.15) is 43.7 Å². The van der Waals surface area contributed by atoms with Gasteiger partial charge in [0.15, 0.2) is 6.10 Å². The van der Waals surface area contributed by atoms with Crippen molar-refractivity contribution >= 4 is 57.4 Å². The summed E-state index contributed by atoms with van der Waals surface area (Å²) in [6, 6.07) is 9.58. The molecule has 0 amide bonds. The number of nitrogens with zero attached hydrogens (tertiary/aromatic N) is 1. The molecule has 0 N–H and O–H groups in total. The van der Waals surface area contributed by atoms with Gasteiger partial charge in [-0.25, -0.2) is 4.79 Å². The number of rotatable bonds is 6. The number of benzene rings is 2. The molecule has 3 rings (SSSR count). The lowest BCUT2D eigenvalue weighted by molar-refractivity contribution is -0.164. The van der Waals surface area contributed by atoms with Crippen molar-refractivity contribution in [1.82, 2.24) is 4.57 Å². The Morgan fingerprint density at radius 1 is 1.22 bits per heavy atom. The second-order valence-electron chi connectivity index (χ2n) is 8.69. The highest BCUT2D eigenvalue weighted by Gasteiger charge is 2.34. The number of carbonyl (C=O) groups excluding carboxylic acids is 2. The van der Waals surface area contributed by atoms with E-state index in [1.165, 1.54) is 7.11 Å². The molecule has 3 aromatic rings. The predicted octanol–water partition coefficient (Wildman–Crippen LogP) is 6.41. The zero-order chi connectivity index (χ0) is 23.8. The summed E-state index contributed by atoms with van der Waals surface area (Å²) in [5.41, 5.74) is 4.79. The fraction of sp³-hybridized carbons (Fsp3) is 0.360. The lowest BCUT2D eigenvalue weighted by Gasteiger charge is -2.29. The molecule has 1 atom stereocenters. The summed E-state index contributed by atoms with van der Waals surface area (Å²) in [7, 11) is 1.37. The van der Waals surface area contributed by atoms with E-state index in [4.69, 9.17) is 21.1 Å². The van der Waals surface area contributed by atoms with Crippen LogP contribution in [-0.2, 0) is 25.6 Å². The molecule has 1 heterocycles. The third kappa shape index (κ3) is 4.72. The standard InChI is InChI=1S/C25H27ClINO4/c1-14-13-18-20(16-7-9-17(26)10-8-16)19(23(24(30)31-6)32-25(3,4)5)15(2)21(27)22(18)28(14)11-12-29/h7-10,12-13,23H,11H2,1-6H3/t23-/m0/s1. The quantitative estimate of drug-likeness (QED) is 0.196. The van der Waals surface area contributed by atoms with Gasteiger partial charge in [0.05, 0.1) is 24.8 Å². The first-order valence-electron chi connectivity index (χ1n) is 10.3. The van der Waals surface area contributed by atoms with Crippen LogP contribution in [0.15, 0.2) is 30.3 Å². The minimum Gasteiger partial charge on any atom is -0.467 e. The number of halogens is 2. The molecule has 0 aliphatic rings. The number of aryl methyl sites for hydroxylation is 1. The number of methoxy groups -OCH3 is 1. The molecule has 0 saturated carbocycles. The fourth-order valence-electron chi connectivity index (χ4n) is 3.98. The third-order valence-electron chi connectivity index (χ3n) is 5.32. The van der Waals surface area contributed by atoms with Crippen LogP contribution in [0.25, 0.3) is 22.0 Å². The van der Waals surface area contributed by atoms with Crippen LogP contribution in [0.2, 0.25) is 5.02 Å². The summed E-state index contributed by atoms with van der Waals surface area (Å²) in [5.74, 6) is -0.461. The second kappa shape index (κ2) is 9.53. The fourth-order valence-corrected chi connectivity index (χ4v) is 4.98. The van der Waals surface area contributed by atoms with Gasteiger partial charge in [0.1, 0.15) is 6.29 Å². The summed E-state index contributed by atoms with van der Waals surface area (Å²) in [5, 5.41) is 1.57. The van der Waals surface area contributed by atoms with Gasteiger partial charge in [-0.05, 0) is 92.1 Å². The molecule has 1 aromatic heterocycles. The van der Waals surface area contributed by atoms with Crippen molar-refractivity contribution in [2.75, 3.05) is 7.11 Å². The molecular formula is C25H27ClINO4. The summed E-state index contributed by atoms with van der Waals surface area (Å²) < 4.78 is 14.4. The van der Waals surface area contributed by atoms with Crippen molar-refractivity contribution < 1.29 is 19.1 Å². The number of ether oxygens (including phenoxy) is 2. The van der Waals surface area contributed by atoms with Crippen LogP contribution < -0.4 is 0 Å². The number of hydrogen-bond acceptors (Lipinski definition) is 4. The molecule has 0 aliphatic carbocycles. The number of aldehydes is 1. The zero-order valence-corrected chi connectivity index (χ0v) is 22.0. The second-order valence-corrected chi connectivity index (χ2v) is 10.2. The Hall–Kier alpha value is -1.90. The molecule has 0 bridgehead atoms. The highest BCUT2D eigenvalue weighted by atomic mass is 127. The lowest BCUT2D eigenvalue weighted by atomic mass is 9.89. The average Bonchev–Trinajstić information content (AvgIpc) is 3.05. The molecule has 5 nitrogen and oxygen atoms in total. The van der Waals surface area contributed by atoms with Gasteiger partial charge >= 0.3 is 5.97 Å². The van der Waals surface area contributed by atoms with E-state index in [0.717, 1.165) is 48.7 Å². The Bertz CT molecular complexity index is 1180. The largest absolute Gasteiger partial charge is 0.467 e. The Balaban J connectivity index is 2.50. The minimum atomic E-state index is -0.918. The first-order chi connectivity index (χ1) is 15.0. The van der Waals surface area contributed by atoms with E-state index < -0.39 is 17.7 Å². The lowest BCUT2D eigenvalue weighted by Crippen LogP contribution is -2.29. The molecule has 0 spiro atoms. The predicted molar refractivity (Wildman–Crippen MR) is 136 cm³/mol. The number of hydrogen-bond donors (Lipinski definition) is 0. The molecule has 0 saturated heterocycles. The normalized spacial score (nSPS) is 12.8. The molecule has 170 valence electrons. The van der Waals surface area contributed by atoms with Crippen LogP contribution >= 0.6 is 34.2 Å². The maximum atomic E-state index is 13.0. The van der Waals surface area contributed by atoms with Crippen LogP contribution in [0.4, 0.5) is 0 Å². The topological polar surface area (TPSA) is 57.5 Å². The molecular weight excluding hydrogens is 541 g/mol. The molecule has 7 heteroatoms. The molecule has 0 radical (unpaired) electrons. The van der Waals surface area contributed by atoms with Gasteiger partial charge in [-0.1, -0.05) is 23.7 Å². The highest BCUT2D eigenvalue weighted by molar-refractivity contribution is 14.1. The van der Waals surface area contributed by atoms with E-state index in [0.29, 0.717) is 5.02 Å². The molecule has 0 unspecified atom stereocenters. The van der Waals surface area contributed by atoms with Crippen molar-refractivity contribution in [3.8, 4) is 11.1 Å². The van der Waals surface area contributed by atoms with Crippen LogP contribution in [0, 0.1) is 17.4 Å². The smallest absolute Gasteiger partial charge is 0.339 e. The van der Waals surface area contributed by atoms with Crippen LogP contribution in [0.5, 0.6) is 0 Å². The minimum absolute atomic E-state index is 0.253. The van der Waals surface area contributed by atoms with Crippen LogP contribution in [0.3, 0.4) is 0 Å². The van der Waals surface area contributed by atoms with Gasteiger partial charge in [-0.3, -0.25) is 0 Å². The third-order valence-corrected chi connectivity index (χ3v) is 6.89. The van der Waals surface area contributed by atoms with Gasteiger partial charge in [-0.2, -0.15) is 0 Å². The SMILES string of the molecule is COC(=O)[C@@H](OC(C)(C)C)c1c(C)c(I)c2c(cc(C)n2CC=O)c1-c1ccc(Cl)cc1. The number of fused-ring (bicyclic) bond motifs is 1. The Morgan fingerprint density at radius 3 is 2.38 bits per heavy atom. The highest BCUT2D eigenvalue weighted by Crippen LogP contribution is 2.44. The summed E-state index contributed by atoms with van der Waals surface area (Å²) >= 11 is 8.45. The van der Waals surface area contributed by atoms with Gasteiger partial charge in [0, 0.05) is 25.2 Å². The summed E-state index contributed by atoms with van der Waals surface area (Å²) in [6.07, 6.45) is -0.0217. The first kappa shape index (κ1) is 24.7. The number of esters is 1. The van der Waals surface area contributed by atoms with Crippen molar-refractivity contribution in [1.29, 1.82) is 0 Å². The maximum Gasteiger partial charge on any atom is 0.339 e. The van der Waals surface area contributed by atoms with Crippen molar-refractivity contribution in [3.63, 3.8) is 0 Å². The van der Waals surface area contributed by atoms with E-state index in [1.807, 2.05) is 63.5 Å². The average molecular weight is 568 g/mol.